The number of benzene rings is 2. The van der Waals surface area contributed by atoms with Gasteiger partial charge in [-0.2, -0.15) is 0 Å². The highest BCUT2D eigenvalue weighted by Crippen LogP contribution is 2.32. The van der Waals surface area contributed by atoms with Gasteiger partial charge in [-0.1, -0.05) is 12.1 Å². The van der Waals surface area contributed by atoms with Gasteiger partial charge in [0.2, 0.25) is 12.7 Å². The number of piperazine rings is 1. The number of carbonyl (C=O) groups excluding carboxylic acids is 2. The van der Waals surface area contributed by atoms with Gasteiger partial charge in [-0.15, -0.1) is 0 Å². The molecule has 2 heterocycles. The lowest BCUT2D eigenvalue weighted by Gasteiger charge is -2.35. The van der Waals surface area contributed by atoms with Crippen molar-refractivity contribution in [2.24, 2.45) is 0 Å². The first-order valence-corrected chi connectivity index (χ1v) is 9.73. The molecule has 1 saturated heterocycles. The molecule has 0 unspecified atom stereocenters. The molecule has 0 bridgehead atoms. The first-order valence-electron chi connectivity index (χ1n) is 9.73. The molecule has 0 atom stereocenters. The minimum Gasteiger partial charge on any atom is -0.497 e. The Hall–Kier alpha value is -3.22. The van der Waals surface area contributed by atoms with Gasteiger partial charge in [0.25, 0.3) is 5.91 Å². The van der Waals surface area contributed by atoms with Gasteiger partial charge in [0, 0.05) is 38.2 Å². The predicted molar refractivity (Wildman–Crippen MR) is 106 cm³/mol. The van der Waals surface area contributed by atoms with E-state index in [1.807, 2.05) is 29.2 Å². The third kappa shape index (κ3) is 4.29. The number of hydrogen-bond donors (Lipinski definition) is 0. The molecule has 29 heavy (non-hydrogen) atoms. The maximum absolute atomic E-state index is 12.8. The van der Waals surface area contributed by atoms with E-state index < -0.39 is 0 Å². The Kier molecular flexibility index (Phi) is 5.55. The summed E-state index contributed by atoms with van der Waals surface area (Å²) in [6.07, 6.45) is 1.12. The molecule has 7 heteroatoms. The van der Waals surface area contributed by atoms with Gasteiger partial charge in [0.05, 0.1) is 7.11 Å². The van der Waals surface area contributed by atoms with Crippen molar-refractivity contribution in [1.82, 2.24) is 9.80 Å². The van der Waals surface area contributed by atoms with Crippen molar-refractivity contribution >= 4 is 11.8 Å². The molecule has 7 nitrogen and oxygen atoms in total. The van der Waals surface area contributed by atoms with Gasteiger partial charge in [-0.05, 0) is 42.3 Å². The second kappa shape index (κ2) is 8.43. The number of aryl methyl sites for hydroxylation is 1. The van der Waals surface area contributed by atoms with Gasteiger partial charge < -0.3 is 24.0 Å². The SMILES string of the molecule is COc1cccc(CCC(=O)N2CCN(C(=O)c3ccc4c(c3)OCO4)CC2)c1. The van der Waals surface area contributed by atoms with E-state index in [2.05, 4.69) is 0 Å². The van der Waals surface area contributed by atoms with Crippen molar-refractivity contribution in [2.75, 3.05) is 40.1 Å². The second-order valence-corrected chi connectivity index (χ2v) is 7.09. The Labute approximate surface area is 169 Å². The van der Waals surface area contributed by atoms with Crippen LogP contribution in [0.25, 0.3) is 0 Å². The fourth-order valence-corrected chi connectivity index (χ4v) is 3.61. The van der Waals surface area contributed by atoms with Crippen molar-refractivity contribution in [2.45, 2.75) is 12.8 Å². The van der Waals surface area contributed by atoms with Gasteiger partial charge in [-0.25, -0.2) is 0 Å². The quantitative estimate of drug-likeness (QED) is 0.776. The highest BCUT2D eigenvalue weighted by atomic mass is 16.7. The maximum Gasteiger partial charge on any atom is 0.254 e. The molecule has 0 aromatic heterocycles. The fraction of sp³-hybridized carbons (Fsp3) is 0.364. The van der Waals surface area contributed by atoms with Crippen LogP contribution >= 0.6 is 0 Å². The fourth-order valence-electron chi connectivity index (χ4n) is 3.61. The summed E-state index contributed by atoms with van der Waals surface area (Å²) in [6.45, 7) is 2.33. The lowest BCUT2D eigenvalue weighted by atomic mass is 10.1. The summed E-state index contributed by atoms with van der Waals surface area (Å²) < 4.78 is 15.9. The zero-order valence-electron chi connectivity index (χ0n) is 16.4. The van der Waals surface area contributed by atoms with Gasteiger partial charge in [0.15, 0.2) is 11.5 Å². The Morgan fingerprint density at radius 1 is 0.966 bits per heavy atom. The Morgan fingerprint density at radius 2 is 1.72 bits per heavy atom. The van der Waals surface area contributed by atoms with E-state index in [0.717, 1.165) is 11.3 Å². The summed E-state index contributed by atoms with van der Waals surface area (Å²) in [5.74, 6) is 2.12. The number of amides is 2. The topological polar surface area (TPSA) is 68.3 Å². The Balaban J connectivity index is 1.28. The van der Waals surface area contributed by atoms with Gasteiger partial charge in [0.1, 0.15) is 5.75 Å². The summed E-state index contributed by atoms with van der Waals surface area (Å²) in [5.41, 5.74) is 1.65. The van der Waals surface area contributed by atoms with E-state index >= 15 is 0 Å². The van der Waals surface area contributed by atoms with Crippen molar-refractivity contribution in [1.29, 1.82) is 0 Å². The summed E-state index contributed by atoms with van der Waals surface area (Å²) in [7, 11) is 1.63. The molecule has 2 aromatic carbocycles. The summed E-state index contributed by atoms with van der Waals surface area (Å²) in [6, 6.07) is 13.0. The van der Waals surface area contributed by atoms with E-state index in [1.165, 1.54) is 0 Å². The number of nitrogens with zero attached hydrogens (tertiary/aromatic N) is 2. The van der Waals surface area contributed by atoms with Crippen LogP contribution in [-0.2, 0) is 11.2 Å². The number of carbonyl (C=O) groups is 2. The van der Waals surface area contributed by atoms with E-state index in [0.29, 0.717) is 56.1 Å². The first kappa shape index (κ1) is 19.1. The molecule has 4 rings (SSSR count). The van der Waals surface area contributed by atoms with Crippen LogP contribution in [0.3, 0.4) is 0 Å². The molecule has 1 fully saturated rings. The molecule has 2 aromatic rings. The molecule has 2 aliphatic heterocycles. The third-order valence-electron chi connectivity index (χ3n) is 5.30. The zero-order chi connectivity index (χ0) is 20.2. The average molecular weight is 396 g/mol. The summed E-state index contributed by atoms with van der Waals surface area (Å²) in [4.78, 5) is 28.9. The van der Waals surface area contributed by atoms with E-state index in [1.54, 1.807) is 30.2 Å². The molecule has 2 amide bonds. The summed E-state index contributed by atoms with van der Waals surface area (Å²) >= 11 is 0. The minimum absolute atomic E-state index is 0.0493. The largest absolute Gasteiger partial charge is 0.497 e. The van der Waals surface area contributed by atoms with Gasteiger partial charge >= 0.3 is 0 Å². The van der Waals surface area contributed by atoms with Crippen LogP contribution in [0.5, 0.6) is 17.2 Å². The van der Waals surface area contributed by atoms with Crippen LogP contribution in [0.2, 0.25) is 0 Å². The van der Waals surface area contributed by atoms with Crippen LogP contribution in [0.1, 0.15) is 22.3 Å². The smallest absolute Gasteiger partial charge is 0.254 e. The lowest BCUT2D eigenvalue weighted by Crippen LogP contribution is -2.50. The standard InChI is InChI=1S/C22H24N2O5/c1-27-18-4-2-3-16(13-18)5-8-21(25)23-9-11-24(12-10-23)22(26)17-6-7-19-20(14-17)29-15-28-19/h2-4,6-7,13-14H,5,8-12,15H2,1H3. The number of ether oxygens (including phenoxy) is 3. The maximum atomic E-state index is 12.8. The van der Waals surface area contributed by atoms with Crippen LogP contribution in [0.4, 0.5) is 0 Å². The third-order valence-corrected chi connectivity index (χ3v) is 5.30. The first-order chi connectivity index (χ1) is 14.1. The van der Waals surface area contributed by atoms with Crippen molar-refractivity contribution in [3.63, 3.8) is 0 Å². The molecule has 0 spiro atoms. The minimum atomic E-state index is -0.0493. The van der Waals surface area contributed by atoms with Crippen molar-refractivity contribution < 1.29 is 23.8 Å². The number of methoxy groups -OCH3 is 1. The molecule has 0 radical (unpaired) electrons. The molecule has 152 valence electrons. The number of hydrogen-bond acceptors (Lipinski definition) is 5. The lowest BCUT2D eigenvalue weighted by molar-refractivity contribution is -0.132. The predicted octanol–water partition coefficient (Wildman–Crippen LogP) is 2.34. The molecular formula is C22H24N2O5. The summed E-state index contributed by atoms with van der Waals surface area (Å²) in [5, 5.41) is 0. The van der Waals surface area contributed by atoms with Crippen LogP contribution in [0.15, 0.2) is 42.5 Å². The number of rotatable bonds is 5. The van der Waals surface area contributed by atoms with Crippen molar-refractivity contribution in [3.05, 3.63) is 53.6 Å². The highest BCUT2D eigenvalue weighted by Gasteiger charge is 2.26. The molecule has 0 aliphatic carbocycles. The Bertz CT molecular complexity index is 906. The molecule has 0 saturated carbocycles. The van der Waals surface area contributed by atoms with E-state index in [-0.39, 0.29) is 18.6 Å². The van der Waals surface area contributed by atoms with Crippen LogP contribution < -0.4 is 14.2 Å². The normalized spacial score (nSPS) is 15.3. The van der Waals surface area contributed by atoms with Crippen LogP contribution in [0, 0.1) is 0 Å². The highest BCUT2D eigenvalue weighted by molar-refractivity contribution is 5.95. The average Bonchev–Trinajstić information content (AvgIpc) is 3.25. The molecular weight excluding hydrogens is 372 g/mol. The van der Waals surface area contributed by atoms with Gasteiger partial charge in [-0.3, -0.25) is 9.59 Å². The van der Waals surface area contributed by atoms with E-state index in [4.69, 9.17) is 14.2 Å². The van der Waals surface area contributed by atoms with E-state index in [9.17, 15) is 9.59 Å². The Morgan fingerprint density at radius 3 is 2.52 bits per heavy atom. The molecule has 0 N–H and O–H groups in total. The molecule has 2 aliphatic rings. The zero-order valence-corrected chi connectivity index (χ0v) is 16.4. The number of fused-ring (bicyclic) bond motifs is 1. The van der Waals surface area contributed by atoms with Crippen molar-refractivity contribution in [3.8, 4) is 17.2 Å². The van der Waals surface area contributed by atoms with Crippen LogP contribution in [-0.4, -0.2) is 61.7 Å². The monoisotopic (exact) mass is 396 g/mol. The second-order valence-electron chi connectivity index (χ2n) is 7.09.